The van der Waals surface area contributed by atoms with Gasteiger partial charge < -0.3 is 20.3 Å². The molecule has 1 saturated heterocycles. The molecule has 0 saturated carbocycles. The highest BCUT2D eigenvalue weighted by atomic mass is 19.4. The van der Waals surface area contributed by atoms with Crippen molar-refractivity contribution in [2.75, 3.05) is 43.9 Å². The number of nitrogen functional groups attached to an aromatic ring is 1. The second-order valence-corrected chi connectivity index (χ2v) is 9.63. The molecule has 2 N–H and O–H groups in total. The number of likely N-dealkylation sites (tertiary alicyclic amines) is 1. The molecule has 196 valence electrons. The molecule has 2 aliphatic heterocycles. The van der Waals surface area contributed by atoms with Crippen molar-refractivity contribution in [2.45, 2.75) is 44.8 Å². The lowest BCUT2D eigenvalue weighted by molar-refractivity contribution is -0.137. The van der Waals surface area contributed by atoms with Gasteiger partial charge >= 0.3 is 12.2 Å². The highest BCUT2D eigenvalue weighted by Crippen LogP contribution is 2.39. The number of halogens is 3. The first-order chi connectivity index (χ1) is 17.7. The van der Waals surface area contributed by atoms with Crippen LogP contribution in [-0.2, 0) is 6.18 Å². The van der Waals surface area contributed by atoms with E-state index < -0.39 is 11.7 Å². The average molecular weight is 514 g/mol. The number of rotatable bonds is 5. The van der Waals surface area contributed by atoms with E-state index in [9.17, 15) is 13.2 Å². The van der Waals surface area contributed by atoms with Crippen LogP contribution in [0.15, 0.2) is 30.5 Å². The summed E-state index contributed by atoms with van der Waals surface area (Å²) < 4.78 is 47.9. The quantitative estimate of drug-likeness (QED) is 0.494. The molecule has 1 atom stereocenters. The third-order valence-electron chi connectivity index (χ3n) is 6.98. The summed E-state index contributed by atoms with van der Waals surface area (Å²) in [5.41, 5.74) is 5.12. The molecule has 0 amide bonds. The van der Waals surface area contributed by atoms with Crippen molar-refractivity contribution in [3.63, 3.8) is 0 Å². The van der Waals surface area contributed by atoms with Crippen LogP contribution in [0.4, 0.5) is 24.8 Å². The number of likely N-dealkylation sites (N-methyl/N-ethyl adjacent to an activating group) is 1. The van der Waals surface area contributed by atoms with Crippen LogP contribution in [0.2, 0.25) is 0 Å². The van der Waals surface area contributed by atoms with Crippen LogP contribution in [0, 0.1) is 6.92 Å². The smallest absolute Gasteiger partial charge is 0.418 e. The fraction of sp³-hybridized carbons (Fsp3) is 0.462. The lowest BCUT2D eigenvalue weighted by atomic mass is 10.0. The number of hydrogen-bond acceptors (Lipinski definition) is 8. The number of anilines is 2. The first-order valence-corrected chi connectivity index (χ1v) is 12.5. The highest BCUT2D eigenvalue weighted by molar-refractivity contribution is 5.91. The summed E-state index contributed by atoms with van der Waals surface area (Å²) in [4.78, 5) is 22.1. The predicted octanol–water partition coefficient (Wildman–Crippen LogP) is 4.63. The van der Waals surface area contributed by atoms with Gasteiger partial charge in [0.05, 0.1) is 22.2 Å². The molecule has 3 aromatic heterocycles. The number of nitrogens with two attached hydrogens (primary N) is 1. The number of fused-ring (bicyclic) bond motifs is 1. The van der Waals surface area contributed by atoms with Gasteiger partial charge in [0.2, 0.25) is 0 Å². The van der Waals surface area contributed by atoms with E-state index in [0.29, 0.717) is 23.3 Å². The van der Waals surface area contributed by atoms with E-state index >= 15 is 0 Å². The molecular weight excluding hydrogens is 483 g/mol. The Labute approximate surface area is 213 Å². The van der Waals surface area contributed by atoms with Gasteiger partial charge in [-0.1, -0.05) is 12.2 Å². The fourth-order valence-corrected chi connectivity index (χ4v) is 5.05. The molecule has 5 heterocycles. The van der Waals surface area contributed by atoms with Gasteiger partial charge in [0, 0.05) is 25.3 Å². The molecule has 3 aromatic rings. The molecule has 0 aromatic carbocycles. The molecule has 8 nitrogen and oxygen atoms in total. The Balaban J connectivity index is 1.60. The number of pyridine rings is 2. The summed E-state index contributed by atoms with van der Waals surface area (Å²) in [6, 6.07) is 3.20. The number of alkyl halides is 3. The third kappa shape index (κ3) is 5.31. The average Bonchev–Trinajstić information content (AvgIpc) is 3.07. The Bertz CT molecular complexity index is 1320. The lowest BCUT2D eigenvalue weighted by Crippen LogP contribution is -2.31. The first kappa shape index (κ1) is 25.2. The monoisotopic (exact) mass is 513 g/mol. The summed E-state index contributed by atoms with van der Waals surface area (Å²) in [7, 11) is 2.06. The highest BCUT2D eigenvalue weighted by Gasteiger charge is 2.37. The van der Waals surface area contributed by atoms with Crippen molar-refractivity contribution in [1.82, 2.24) is 24.8 Å². The van der Waals surface area contributed by atoms with Gasteiger partial charge in [0.25, 0.3) is 0 Å². The maximum absolute atomic E-state index is 14.0. The van der Waals surface area contributed by atoms with E-state index in [-0.39, 0.29) is 34.8 Å². The summed E-state index contributed by atoms with van der Waals surface area (Å²) in [5.74, 6) is 0.655. The van der Waals surface area contributed by atoms with Crippen LogP contribution in [0.3, 0.4) is 0 Å². The van der Waals surface area contributed by atoms with Crippen LogP contribution >= 0.6 is 0 Å². The van der Waals surface area contributed by atoms with E-state index in [1.165, 1.54) is 25.3 Å². The van der Waals surface area contributed by atoms with E-state index in [2.05, 4.69) is 44.0 Å². The van der Waals surface area contributed by atoms with Gasteiger partial charge in [0.15, 0.2) is 0 Å². The molecule has 1 fully saturated rings. The van der Waals surface area contributed by atoms with E-state index in [1.54, 1.807) is 0 Å². The molecular formula is C26H30F3N7O. The topological polar surface area (TPSA) is 93.3 Å². The maximum atomic E-state index is 14.0. The molecule has 0 radical (unpaired) electrons. The van der Waals surface area contributed by atoms with Gasteiger partial charge in [-0.15, -0.1) is 0 Å². The molecule has 0 spiro atoms. The number of ether oxygens (including phenoxy) is 1. The predicted molar refractivity (Wildman–Crippen MR) is 136 cm³/mol. The minimum absolute atomic E-state index is 0.00690. The van der Waals surface area contributed by atoms with Crippen LogP contribution in [0.25, 0.3) is 22.3 Å². The normalized spacial score (nSPS) is 18.9. The zero-order chi connectivity index (χ0) is 26.2. The molecule has 0 bridgehead atoms. The Hall–Kier alpha value is -3.47. The number of nitrogens with zero attached hydrogens (tertiary/aromatic N) is 6. The largest absolute Gasteiger partial charge is 0.462 e. The van der Waals surface area contributed by atoms with Crippen LogP contribution in [0.1, 0.15) is 36.8 Å². The van der Waals surface area contributed by atoms with E-state index in [0.717, 1.165) is 45.3 Å². The van der Waals surface area contributed by atoms with Crippen molar-refractivity contribution in [3.8, 4) is 17.4 Å². The van der Waals surface area contributed by atoms with E-state index in [1.807, 2.05) is 0 Å². The number of aryl methyl sites for hydroxylation is 1. The SMILES string of the molecule is Cc1cc(N)nc(-c2cc3nc(OCC4CCCN4C)nc(N4CCC=CCC4)c3cn2)c1C(F)(F)F. The standard InChI is InChI=1S/C26H30F3N7O/c1-16-12-21(30)33-23(22(16)26(27,28)29)20-13-19-18(14-31-20)24(36-10-5-3-4-6-11-36)34-25(32-19)37-15-17-8-7-9-35(17)2/h3-4,12-14,17H,5-11,15H2,1-2H3,(H2,30,33). The van der Waals surface area contributed by atoms with Gasteiger partial charge in [-0.3, -0.25) is 4.98 Å². The maximum Gasteiger partial charge on any atom is 0.418 e. The second-order valence-electron chi connectivity index (χ2n) is 9.63. The molecule has 0 aliphatic carbocycles. The fourth-order valence-electron chi connectivity index (χ4n) is 5.05. The van der Waals surface area contributed by atoms with Gasteiger partial charge in [-0.25, -0.2) is 4.98 Å². The second kappa shape index (κ2) is 10.1. The first-order valence-electron chi connectivity index (χ1n) is 12.5. The Morgan fingerprint density at radius 2 is 1.84 bits per heavy atom. The Morgan fingerprint density at radius 3 is 2.51 bits per heavy atom. The molecule has 2 aliphatic rings. The van der Waals surface area contributed by atoms with Crippen LogP contribution in [-0.4, -0.2) is 64.2 Å². The summed E-state index contributed by atoms with van der Waals surface area (Å²) in [6.07, 6.45) is 5.05. The number of hydrogen-bond donors (Lipinski definition) is 1. The van der Waals surface area contributed by atoms with Crippen molar-refractivity contribution in [1.29, 1.82) is 0 Å². The van der Waals surface area contributed by atoms with Gasteiger partial charge in [-0.05, 0) is 63.9 Å². The molecule has 1 unspecified atom stereocenters. The van der Waals surface area contributed by atoms with Crippen molar-refractivity contribution in [2.24, 2.45) is 0 Å². The van der Waals surface area contributed by atoms with Crippen molar-refractivity contribution >= 4 is 22.5 Å². The van der Waals surface area contributed by atoms with Crippen molar-refractivity contribution in [3.05, 3.63) is 41.6 Å². The van der Waals surface area contributed by atoms with Gasteiger partial charge in [0.1, 0.15) is 23.9 Å². The summed E-state index contributed by atoms with van der Waals surface area (Å²) in [5, 5.41) is 0.644. The molecule has 5 rings (SSSR count). The van der Waals surface area contributed by atoms with Crippen molar-refractivity contribution < 1.29 is 17.9 Å². The minimum Gasteiger partial charge on any atom is -0.462 e. The summed E-state index contributed by atoms with van der Waals surface area (Å²) >= 11 is 0. The van der Waals surface area contributed by atoms with Crippen LogP contribution < -0.4 is 15.4 Å². The Kier molecular flexibility index (Phi) is 6.89. The zero-order valence-corrected chi connectivity index (χ0v) is 20.9. The zero-order valence-electron chi connectivity index (χ0n) is 20.9. The minimum atomic E-state index is -4.62. The van der Waals surface area contributed by atoms with E-state index in [4.69, 9.17) is 15.5 Å². The van der Waals surface area contributed by atoms with Gasteiger partial charge in [-0.2, -0.15) is 23.1 Å². The summed E-state index contributed by atoms with van der Waals surface area (Å²) in [6.45, 7) is 4.33. The third-order valence-corrected chi connectivity index (χ3v) is 6.98. The lowest BCUT2D eigenvalue weighted by Gasteiger charge is -2.24. The number of aromatic nitrogens is 4. The molecule has 37 heavy (non-hydrogen) atoms. The van der Waals surface area contributed by atoms with Crippen LogP contribution in [0.5, 0.6) is 6.01 Å². The molecule has 11 heteroatoms. The Morgan fingerprint density at radius 1 is 1.08 bits per heavy atom.